The van der Waals surface area contributed by atoms with Crippen molar-refractivity contribution in [3.05, 3.63) is 29.8 Å². The fraction of sp³-hybridized carbons (Fsp3) is 0.647. The van der Waals surface area contributed by atoms with Crippen LogP contribution in [0.1, 0.15) is 44.6 Å². The van der Waals surface area contributed by atoms with Crippen molar-refractivity contribution in [2.75, 3.05) is 21.2 Å². The summed E-state index contributed by atoms with van der Waals surface area (Å²) in [6.45, 7) is 2.24. The SMILES string of the molecule is CCCCCC(CCc1ccc(OC)cc1)ON(C)C. The van der Waals surface area contributed by atoms with Crippen molar-refractivity contribution in [3.63, 3.8) is 0 Å². The average Bonchev–Trinajstić information content (AvgIpc) is 2.45. The maximum Gasteiger partial charge on any atom is 0.118 e. The van der Waals surface area contributed by atoms with Gasteiger partial charge in [0.05, 0.1) is 13.2 Å². The third-order valence-electron chi connectivity index (χ3n) is 3.40. The van der Waals surface area contributed by atoms with E-state index >= 15 is 0 Å². The highest BCUT2D eigenvalue weighted by Gasteiger charge is 2.11. The van der Waals surface area contributed by atoms with Crippen LogP contribution in [0.5, 0.6) is 5.75 Å². The monoisotopic (exact) mass is 279 g/mol. The van der Waals surface area contributed by atoms with E-state index < -0.39 is 0 Å². The number of hydrogen-bond donors (Lipinski definition) is 0. The van der Waals surface area contributed by atoms with Crippen molar-refractivity contribution in [1.29, 1.82) is 0 Å². The Morgan fingerprint density at radius 2 is 1.75 bits per heavy atom. The molecule has 0 aliphatic heterocycles. The molecule has 0 aliphatic carbocycles. The van der Waals surface area contributed by atoms with E-state index in [1.165, 1.54) is 24.8 Å². The molecule has 1 aromatic carbocycles. The summed E-state index contributed by atoms with van der Waals surface area (Å²) in [4.78, 5) is 5.87. The zero-order valence-electron chi connectivity index (χ0n) is 13.4. The first kappa shape index (κ1) is 17.0. The van der Waals surface area contributed by atoms with Gasteiger partial charge in [0, 0.05) is 14.1 Å². The van der Waals surface area contributed by atoms with Crippen LogP contribution in [0.4, 0.5) is 0 Å². The van der Waals surface area contributed by atoms with Crippen molar-refractivity contribution in [2.24, 2.45) is 0 Å². The molecule has 114 valence electrons. The second-order valence-corrected chi connectivity index (χ2v) is 5.42. The topological polar surface area (TPSA) is 21.7 Å². The van der Waals surface area contributed by atoms with Crippen LogP contribution in [0.25, 0.3) is 0 Å². The Labute approximate surface area is 123 Å². The van der Waals surface area contributed by atoms with E-state index in [9.17, 15) is 0 Å². The number of hydrogen-bond acceptors (Lipinski definition) is 3. The van der Waals surface area contributed by atoms with Crippen molar-refractivity contribution < 1.29 is 9.57 Å². The fourth-order valence-corrected chi connectivity index (χ4v) is 2.29. The Hall–Kier alpha value is -1.06. The molecule has 0 heterocycles. The predicted octanol–water partition coefficient (Wildman–Crippen LogP) is 4.07. The second kappa shape index (κ2) is 9.78. The minimum absolute atomic E-state index is 0.318. The number of ether oxygens (including phenoxy) is 1. The molecule has 0 aliphatic rings. The zero-order chi connectivity index (χ0) is 14.8. The molecular formula is C17H29NO2. The predicted molar refractivity (Wildman–Crippen MR) is 84.0 cm³/mol. The molecule has 3 nitrogen and oxygen atoms in total. The van der Waals surface area contributed by atoms with Crippen LogP contribution in [-0.2, 0) is 11.3 Å². The smallest absolute Gasteiger partial charge is 0.118 e. The Morgan fingerprint density at radius 3 is 2.30 bits per heavy atom. The molecule has 0 aromatic heterocycles. The number of hydroxylamine groups is 2. The molecule has 3 heteroatoms. The number of unbranched alkanes of at least 4 members (excludes halogenated alkanes) is 2. The van der Waals surface area contributed by atoms with Crippen LogP contribution in [0.3, 0.4) is 0 Å². The lowest BCUT2D eigenvalue weighted by Gasteiger charge is -2.21. The van der Waals surface area contributed by atoms with E-state index in [2.05, 4.69) is 19.1 Å². The van der Waals surface area contributed by atoms with Gasteiger partial charge in [0.1, 0.15) is 5.75 Å². The van der Waals surface area contributed by atoms with Crippen molar-refractivity contribution >= 4 is 0 Å². The molecule has 1 atom stereocenters. The average molecular weight is 279 g/mol. The van der Waals surface area contributed by atoms with Gasteiger partial charge in [0.2, 0.25) is 0 Å². The maximum absolute atomic E-state index is 5.87. The lowest BCUT2D eigenvalue weighted by atomic mass is 10.0. The minimum atomic E-state index is 0.318. The van der Waals surface area contributed by atoms with Crippen LogP contribution in [0, 0.1) is 0 Å². The summed E-state index contributed by atoms with van der Waals surface area (Å²) in [5, 5.41) is 1.82. The quantitative estimate of drug-likeness (QED) is 0.476. The van der Waals surface area contributed by atoms with Gasteiger partial charge < -0.3 is 4.74 Å². The highest BCUT2D eigenvalue weighted by Crippen LogP contribution is 2.17. The van der Waals surface area contributed by atoms with E-state index in [4.69, 9.17) is 9.57 Å². The molecule has 0 N–H and O–H groups in total. The Kier molecular flexibility index (Phi) is 8.31. The largest absolute Gasteiger partial charge is 0.497 e. The van der Waals surface area contributed by atoms with E-state index in [1.54, 1.807) is 7.11 Å². The Morgan fingerprint density at radius 1 is 1.05 bits per heavy atom. The summed E-state index contributed by atoms with van der Waals surface area (Å²) < 4.78 is 5.18. The highest BCUT2D eigenvalue weighted by molar-refractivity contribution is 5.27. The van der Waals surface area contributed by atoms with Crippen LogP contribution >= 0.6 is 0 Å². The zero-order valence-corrected chi connectivity index (χ0v) is 13.4. The normalized spacial score (nSPS) is 12.7. The van der Waals surface area contributed by atoms with Crippen LogP contribution < -0.4 is 4.74 Å². The summed E-state index contributed by atoms with van der Waals surface area (Å²) in [6, 6.07) is 8.32. The van der Waals surface area contributed by atoms with Gasteiger partial charge >= 0.3 is 0 Å². The number of aryl methyl sites for hydroxylation is 1. The van der Waals surface area contributed by atoms with Gasteiger partial charge in [-0.25, -0.2) is 0 Å². The van der Waals surface area contributed by atoms with E-state index in [0.29, 0.717) is 6.10 Å². The summed E-state index contributed by atoms with van der Waals surface area (Å²) in [5.41, 5.74) is 1.34. The molecular weight excluding hydrogens is 250 g/mol. The second-order valence-electron chi connectivity index (χ2n) is 5.42. The summed E-state index contributed by atoms with van der Waals surface area (Å²) in [7, 11) is 5.62. The number of methoxy groups -OCH3 is 1. The van der Waals surface area contributed by atoms with Crippen LogP contribution in [0.15, 0.2) is 24.3 Å². The van der Waals surface area contributed by atoms with Crippen molar-refractivity contribution in [1.82, 2.24) is 5.06 Å². The van der Waals surface area contributed by atoms with Gasteiger partial charge in [-0.3, -0.25) is 4.84 Å². The third-order valence-corrected chi connectivity index (χ3v) is 3.40. The Balaban J connectivity index is 2.42. The van der Waals surface area contributed by atoms with Crippen LogP contribution in [0.2, 0.25) is 0 Å². The number of rotatable bonds is 10. The van der Waals surface area contributed by atoms with Gasteiger partial charge in [0.25, 0.3) is 0 Å². The first-order valence-electron chi connectivity index (χ1n) is 7.62. The lowest BCUT2D eigenvalue weighted by molar-refractivity contribution is -0.168. The molecule has 1 rings (SSSR count). The Bertz CT molecular complexity index is 349. The molecule has 20 heavy (non-hydrogen) atoms. The third kappa shape index (κ3) is 6.92. The maximum atomic E-state index is 5.87. The van der Waals surface area contributed by atoms with Crippen LogP contribution in [-0.4, -0.2) is 32.4 Å². The summed E-state index contributed by atoms with van der Waals surface area (Å²) in [5.74, 6) is 0.915. The number of benzene rings is 1. The minimum Gasteiger partial charge on any atom is -0.497 e. The van der Waals surface area contributed by atoms with Crippen molar-refractivity contribution in [2.45, 2.75) is 51.6 Å². The standard InChI is InChI=1S/C17H29NO2/c1-5-6-7-8-17(20-18(2)3)14-11-15-9-12-16(19-4)13-10-15/h9-10,12-13,17H,5-8,11,14H2,1-4H3. The van der Waals surface area contributed by atoms with Gasteiger partial charge in [-0.15, -0.1) is 0 Å². The first-order valence-corrected chi connectivity index (χ1v) is 7.62. The highest BCUT2D eigenvalue weighted by atomic mass is 16.7. The van der Waals surface area contributed by atoms with E-state index in [-0.39, 0.29) is 0 Å². The lowest BCUT2D eigenvalue weighted by Crippen LogP contribution is -2.23. The molecule has 0 amide bonds. The summed E-state index contributed by atoms with van der Waals surface area (Å²) >= 11 is 0. The number of nitrogens with zero attached hydrogens (tertiary/aromatic N) is 1. The van der Waals surface area contributed by atoms with E-state index in [1.807, 2.05) is 31.3 Å². The molecule has 1 unspecified atom stereocenters. The van der Waals surface area contributed by atoms with Gasteiger partial charge in [-0.2, -0.15) is 5.06 Å². The first-order chi connectivity index (χ1) is 9.65. The fourth-order valence-electron chi connectivity index (χ4n) is 2.29. The molecule has 0 spiro atoms. The molecule has 0 radical (unpaired) electrons. The molecule has 0 saturated carbocycles. The van der Waals surface area contributed by atoms with Gasteiger partial charge in [-0.05, 0) is 37.0 Å². The molecule has 0 bridgehead atoms. The molecule has 0 saturated heterocycles. The van der Waals surface area contributed by atoms with Crippen molar-refractivity contribution in [3.8, 4) is 5.75 Å². The van der Waals surface area contributed by atoms with E-state index in [0.717, 1.165) is 25.0 Å². The summed E-state index contributed by atoms with van der Waals surface area (Å²) in [6.07, 6.45) is 7.37. The van der Waals surface area contributed by atoms with Gasteiger partial charge in [-0.1, -0.05) is 38.3 Å². The molecule has 1 aromatic rings. The molecule has 0 fully saturated rings. The van der Waals surface area contributed by atoms with Gasteiger partial charge in [0.15, 0.2) is 0 Å².